The first kappa shape index (κ1) is 29.0. The number of carbonyl (C=O) groups excluding carboxylic acids is 2. The van der Waals surface area contributed by atoms with Crippen LogP contribution in [0.25, 0.3) is 0 Å². The number of aliphatic hydroxyl groups is 4. The monoisotopic (exact) mass is 475 g/mol. The molecule has 33 heavy (non-hydrogen) atoms. The molecule has 0 spiro atoms. The summed E-state index contributed by atoms with van der Waals surface area (Å²) in [4.78, 5) is 25.7. The Morgan fingerprint density at radius 2 is 1.67 bits per heavy atom. The maximum atomic E-state index is 12.9. The van der Waals surface area contributed by atoms with Gasteiger partial charge in [0, 0.05) is 19.4 Å². The van der Waals surface area contributed by atoms with E-state index in [4.69, 9.17) is 11.1 Å². The van der Waals surface area contributed by atoms with Crippen LogP contribution in [-0.4, -0.2) is 112 Å². The maximum Gasteiger partial charge on any atom is 0.252 e. The van der Waals surface area contributed by atoms with Crippen molar-refractivity contribution in [2.24, 2.45) is 5.73 Å². The molecule has 0 saturated heterocycles. The average molecular weight is 476 g/mol. The van der Waals surface area contributed by atoms with Crippen molar-refractivity contribution in [2.45, 2.75) is 75.9 Å². The first-order valence-electron chi connectivity index (χ1n) is 11.6. The molecule has 10 N–H and O–H groups in total. The standard InChI is InChI=1S/C21H42N6O6/c1-4-27(3,5-2)11-10-24-18(31)14(8-6-7-9-25-20(22)23)26-19(32)21(33)12-15(28)17(30)16(29)13-21/h14-17,28-30,33H,4-13H2,1-3H3,(H5-,22,23,24,25,26,31,32)/p+1/t14-,15+,16+,17-,21+/m0/s1. The maximum absolute atomic E-state index is 12.9. The van der Waals surface area contributed by atoms with Crippen LogP contribution in [0.5, 0.6) is 0 Å². The Morgan fingerprint density at radius 3 is 2.18 bits per heavy atom. The summed E-state index contributed by atoms with van der Waals surface area (Å²) in [5.41, 5.74) is 3.15. The Bertz CT molecular complexity index is 647. The quantitative estimate of drug-likeness (QED) is 0.0594. The van der Waals surface area contributed by atoms with Gasteiger partial charge in [0.2, 0.25) is 5.91 Å². The third kappa shape index (κ3) is 9.05. The fourth-order valence-electron chi connectivity index (χ4n) is 3.83. The molecule has 0 heterocycles. The highest BCUT2D eigenvalue weighted by Gasteiger charge is 2.48. The predicted octanol–water partition coefficient (Wildman–Crippen LogP) is -2.67. The van der Waals surface area contributed by atoms with Crippen molar-refractivity contribution < 1.29 is 34.5 Å². The van der Waals surface area contributed by atoms with E-state index in [1.54, 1.807) is 0 Å². The zero-order valence-electron chi connectivity index (χ0n) is 20.0. The van der Waals surface area contributed by atoms with Gasteiger partial charge in [-0.05, 0) is 33.1 Å². The van der Waals surface area contributed by atoms with E-state index in [9.17, 15) is 30.0 Å². The van der Waals surface area contributed by atoms with Crippen LogP contribution in [0.4, 0.5) is 0 Å². The van der Waals surface area contributed by atoms with Crippen molar-refractivity contribution in [3.05, 3.63) is 0 Å². The van der Waals surface area contributed by atoms with Crippen LogP contribution in [-0.2, 0) is 9.59 Å². The van der Waals surface area contributed by atoms with Gasteiger partial charge in [0.05, 0.1) is 45.4 Å². The highest BCUT2D eigenvalue weighted by molar-refractivity contribution is 5.91. The molecule has 0 unspecified atom stereocenters. The fourth-order valence-corrected chi connectivity index (χ4v) is 3.83. The molecule has 1 fully saturated rings. The van der Waals surface area contributed by atoms with E-state index in [0.29, 0.717) is 25.9 Å². The van der Waals surface area contributed by atoms with Gasteiger partial charge in [0.1, 0.15) is 17.7 Å². The molecular formula is C21H43N6O6+. The smallest absolute Gasteiger partial charge is 0.252 e. The SMILES string of the molecule is CC[N+](C)(CC)CCNC(=O)[C@H](CCCCNC(=N)N)NC(=O)[C@]1(O)C[C@@H](O)[C@@H](O)[C@H](O)C1. The summed E-state index contributed by atoms with van der Waals surface area (Å²) in [7, 11) is 2.09. The lowest BCUT2D eigenvalue weighted by Gasteiger charge is -2.39. The Hall–Kier alpha value is -1.99. The van der Waals surface area contributed by atoms with Gasteiger partial charge < -0.3 is 46.6 Å². The van der Waals surface area contributed by atoms with Gasteiger partial charge >= 0.3 is 0 Å². The number of nitrogens with one attached hydrogen (secondary N) is 4. The molecule has 0 aromatic heterocycles. The number of hydrogen-bond donors (Lipinski definition) is 9. The molecule has 0 radical (unpaired) electrons. The van der Waals surface area contributed by atoms with E-state index in [-0.39, 0.29) is 18.3 Å². The molecule has 0 aromatic carbocycles. The topological polar surface area (TPSA) is 201 Å². The van der Waals surface area contributed by atoms with Crippen LogP contribution < -0.4 is 21.7 Å². The summed E-state index contributed by atoms with van der Waals surface area (Å²) in [5.74, 6) is -1.41. The molecule has 1 aliphatic carbocycles. The molecule has 3 atom stereocenters. The van der Waals surface area contributed by atoms with Crippen molar-refractivity contribution in [1.29, 1.82) is 5.41 Å². The van der Waals surface area contributed by atoms with Crippen molar-refractivity contribution >= 4 is 17.8 Å². The molecule has 1 saturated carbocycles. The average Bonchev–Trinajstić information content (AvgIpc) is 2.75. The second-order valence-electron chi connectivity index (χ2n) is 9.19. The summed E-state index contributed by atoms with van der Waals surface area (Å²) in [6, 6.07) is -0.929. The van der Waals surface area contributed by atoms with Crippen LogP contribution in [0.1, 0.15) is 46.0 Å². The zero-order chi connectivity index (χ0) is 25.2. The number of aliphatic hydroxyl groups excluding tert-OH is 3. The first-order chi connectivity index (χ1) is 15.4. The van der Waals surface area contributed by atoms with Crippen molar-refractivity contribution in [3.8, 4) is 0 Å². The Kier molecular flexibility index (Phi) is 11.5. The third-order valence-corrected chi connectivity index (χ3v) is 6.64. The van der Waals surface area contributed by atoms with Crippen LogP contribution in [0, 0.1) is 5.41 Å². The lowest BCUT2D eigenvalue weighted by Crippen LogP contribution is -2.61. The molecule has 0 aromatic rings. The molecule has 12 heteroatoms. The molecule has 0 aliphatic heterocycles. The minimum absolute atomic E-state index is 0.149. The third-order valence-electron chi connectivity index (χ3n) is 6.64. The van der Waals surface area contributed by atoms with E-state index < -0.39 is 48.7 Å². The Balaban J connectivity index is 2.78. The van der Waals surface area contributed by atoms with Gasteiger partial charge in [-0.2, -0.15) is 0 Å². The number of unbranched alkanes of at least 4 members (excludes halogenated alkanes) is 1. The highest BCUT2D eigenvalue weighted by Crippen LogP contribution is 2.29. The predicted molar refractivity (Wildman–Crippen MR) is 123 cm³/mol. The number of likely N-dealkylation sites (N-methyl/N-ethyl adjacent to an activating group) is 1. The van der Waals surface area contributed by atoms with Gasteiger partial charge in [-0.25, -0.2) is 0 Å². The van der Waals surface area contributed by atoms with Gasteiger partial charge in [0.25, 0.3) is 5.91 Å². The van der Waals surface area contributed by atoms with Gasteiger partial charge in [0.15, 0.2) is 5.96 Å². The zero-order valence-corrected chi connectivity index (χ0v) is 20.0. The molecule has 0 bridgehead atoms. The fraction of sp³-hybridized carbons (Fsp3) is 0.857. The lowest BCUT2D eigenvalue weighted by molar-refractivity contribution is -0.904. The largest absolute Gasteiger partial charge is 0.390 e. The number of carbonyl (C=O) groups is 2. The van der Waals surface area contributed by atoms with Crippen LogP contribution in [0.2, 0.25) is 0 Å². The van der Waals surface area contributed by atoms with Crippen molar-refractivity contribution in [1.82, 2.24) is 16.0 Å². The number of nitrogens with zero attached hydrogens (tertiary/aromatic N) is 1. The highest BCUT2D eigenvalue weighted by atomic mass is 16.4. The summed E-state index contributed by atoms with van der Waals surface area (Å²) < 4.78 is 0.784. The second kappa shape index (κ2) is 13.0. The number of hydrogen-bond acceptors (Lipinski definition) is 7. The first-order valence-corrected chi connectivity index (χ1v) is 11.6. The van der Waals surface area contributed by atoms with Crippen molar-refractivity contribution in [2.75, 3.05) is 39.8 Å². The van der Waals surface area contributed by atoms with E-state index in [1.807, 2.05) is 0 Å². The normalized spacial score (nSPS) is 26.3. The van der Waals surface area contributed by atoms with Gasteiger partial charge in [-0.3, -0.25) is 15.0 Å². The number of nitrogens with two attached hydrogens (primary N) is 1. The summed E-state index contributed by atoms with van der Waals surface area (Å²) in [5, 5.41) is 55.5. The summed E-state index contributed by atoms with van der Waals surface area (Å²) in [6.45, 7) is 7.58. The van der Waals surface area contributed by atoms with Gasteiger partial charge in [-0.1, -0.05) is 0 Å². The van der Waals surface area contributed by atoms with Crippen LogP contribution in [0.15, 0.2) is 0 Å². The molecular weight excluding hydrogens is 432 g/mol. The van der Waals surface area contributed by atoms with Crippen LogP contribution >= 0.6 is 0 Å². The second-order valence-corrected chi connectivity index (χ2v) is 9.19. The Morgan fingerprint density at radius 1 is 1.09 bits per heavy atom. The van der Waals surface area contributed by atoms with E-state index in [1.165, 1.54) is 0 Å². The Labute approximate surface area is 195 Å². The minimum Gasteiger partial charge on any atom is -0.390 e. The molecule has 1 aliphatic rings. The molecule has 2 amide bonds. The number of quaternary nitrogens is 1. The van der Waals surface area contributed by atoms with E-state index >= 15 is 0 Å². The number of guanidine groups is 1. The summed E-state index contributed by atoms with van der Waals surface area (Å²) in [6.07, 6.45) is -3.84. The van der Waals surface area contributed by atoms with E-state index in [2.05, 4.69) is 36.8 Å². The number of amides is 2. The summed E-state index contributed by atoms with van der Waals surface area (Å²) >= 11 is 0. The lowest BCUT2D eigenvalue weighted by atomic mass is 9.79. The van der Waals surface area contributed by atoms with Crippen LogP contribution in [0.3, 0.4) is 0 Å². The van der Waals surface area contributed by atoms with Crippen molar-refractivity contribution in [3.63, 3.8) is 0 Å². The molecule has 1 rings (SSSR count). The number of rotatable bonds is 13. The molecule has 12 nitrogen and oxygen atoms in total. The minimum atomic E-state index is -2.10. The van der Waals surface area contributed by atoms with Gasteiger partial charge in [-0.15, -0.1) is 0 Å². The molecule has 192 valence electrons. The van der Waals surface area contributed by atoms with E-state index in [0.717, 1.165) is 24.1 Å².